The summed E-state index contributed by atoms with van der Waals surface area (Å²) in [5.74, 6) is 1.17. The van der Waals surface area contributed by atoms with E-state index in [2.05, 4.69) is 18.2 Å². The topological polar surface area (TPSA) is 20.2 Å². The zero-order valence-corrected chi connectivity index (χ0v) is 9.78. The van der Waals surface area contributed by atoms with E-state index in [4.69, 9.17) is 0 Å². The fourth-order valence-corrected chi connectivity index (χ4v) is 3.01. The van der Waals surface area contributed by atoms with Crippen molar-refractivity contribution < 1.29 is 5.11 Å². The summed E-state index contributed by atoms with van der Waals surface area (Å²) in [5.41, 5.74) is 4.47. The minimum atomic E-state index is 0.323. The lowest BCUT2D eigenvalue weighted by atomic mass is 9.86. The molecule has 1 aromatic carbocycles. The van der Waals surface area contributed by atoms with Gasteiger partial charge >= 0.3 is 0 Å². The van der Waals surface area contributed by atoms with Crippen LogP contribution in [0.1, 0.15) is 48.3 Å². The summed E-state index contributed by atoms with van der Waals surface area (Å²) in [7, 11) is 0. The highest BCUT2D eigenvalue weighted by Gasteiger charge is 2.32. The highest BCUT2D eigenvalue weighted by molar-refractivity contribution is 5.36. The van der Waals surface area contributed by atoms with Gasteiger partial charge in [-0.25, -0.2) is 0 Å². The molecule has 0 heterocycles. The SMILES string of the molecule is OCC(c1ccc2c(c1)CCCC2)C1CC1. The predicted molar refractivity (Wildman–Crippen MR) is 65.6 cm³/mol. The van der Waals surface area contributed by atoms with Crippen LogP contribution in [-0.4, -0.2) is 11.7 Å². The molecule has 0 saturated heterocycles. The van der Waals surface area contributed by atoms with Crippen LogP contribution in [0.25, 0.3) is 0 Å². The molecule has 1 unspecified atom stereocenters. The Bertz CT molecular complexity index is 379. The third-order valence-electron chi connectivity index (χ3n) is 4.19. The minimum absolute atomic E-state index is 0.323. The second kappa shape index (κ2) is 4.21. The van der Waals surface area contributed by atoms with Gasteiger partial charge in [-0.05, 0) is 61.1 Å². The van der Waals surface area contributed by atoms with Crippen molar-refractivity contribution in [3.63, 3.8) is 0 Å². The van der Waals surface area contributed by atoms with Crippen LogP contribution >= 0.6 is 0 Å². The Morgan fingerprint density at radius 1 is 1.12 bits per heavy atom. The molecular weight excluding hydrogens is 196 g/mol. The van der Waals surface area contributed by atoms with Gasteiger partial charge in [0.2, 0.25) is 0 Å². The molecule has 1 aromatic rings. The molecule has 86 valence electrons. The Balaban J connectivity index is 1.89. The van der Waals surface area contributed by atoms with Crippen LogP contribution in [0.5, 0.6) is 0 Å². The molecule has 0 bridgehead atoms. The first kappa shape index (κ1) is 10.3. The number of aliphatic hydroxyl groups is 1. The molecule has 0 aliphatic heterocycles. The largest absolute Gasteiger partial charge is 0.396 e. The normalized spacial score (nSPS) is 21.6. The highest BCUT2D eigenvalue weighted by Crippen LogP contribution is 2.42. The Labute approximate surface area is 97.5 Å². The number of aryl methyl sites for hydroxylation is 2. The van der Waals surface area contributed by atoms with Crippen LogP contribution in [-0.2, 0) is 12.8 Å². The van der Waals surface area contributed by atoms with Gasteiger partial charge in [-0.2, -0.15) is 0 Å². The van der Waals surface area contributed by atoms with E-state index in [1.54, 1.807) is 11.1 Å². The molecule has 16 heavy (non-hydrogen) atoms. The quantitative estimate of drug-likeness (QED) is 0.823. The van der Waals surface area contributed by atoms with E-state index in [-0.39, 0.29) is 0 Å². The molecule has 3 rings (SSSR count). The van der Waals surface area contributed by atoms with Crippen molar-refractivity contribution in [2.75, 3.05) is 6.61 Å². The minimum Gasteiger partial charge on any atom is -0.396 e. The Morgan fingerprint density at radius 3 is 2.56 bits per heavy atom. The number of aliphatic hydroxyl groups excluding tert-OH is 1. The van der Waals surface area contributed by atoms with Crippen molar-refractivity contribution in [2.45, 2.75) is 44.4 Å². The van der Waals surface area contributed by atoms with Crippen molar-refractivity contribution in [3.8, 4) is 0 Å². The molecular formula is C15H20O. The summed E-state index contributed by atoms with van der Waals surface area (Å²) in [6.07, 6.45) is 7.79. The van der Waals surface area contributed by atoms with Gasteiger partial charge in [-0.3, -0.25) is 0 Å². The average Bonchev–Trinajstić information content (AvgIpc) is 3.14. The highest BCUT2D eigenvalue weighted by atomic mass is 16.3. The summed E-state index contributed by atoms with van der Waals surface area (Å²) in [6, 6.07) is 6.92. The number of hydrogen-bond donors (Lipinski definition) is 1. The van der Waals surface area contributed by atoms with E-state index < -0.39 is 0 Å². The number of hydrogen-bond acceptors (Lipinski definition) is 1. The number of rotatable bonds is 3. The van der Waals surface area contributed by atoms with Crippen molar-refractivity contribution >= 4 is 0 Å². The van der Waals surface area contributed by atoms with Gasteiger partial charge in [0.25, 0.3) is 0 Å². The number of fused-ring (bicyclic) bond motifs is 1. The van der Waals surface area contributed by atoms with Crippen molar-refractivity contribution in [1.29, 1.82) is 0 Å². The summed E-state index contributed by atoms with van der Waals surface area (Å²) < 4.78 is 0. The third kappa shape index (κ3) is 1.89. The zero-order chi connectivity index (χ0) is 11.0. The van der Waals surface area contributed by atoms with Crippen LogP contribution in [0, 0.1) is 5.92 Å². The molecule has 1 N–H and O–H groups in total. The van der Waals surface area contributed by atoms with Crippen LogP contribution in [0.3, 0.4) is 0 Å². The monoisotopic (exact) mass is 216 g/mol. The molecule has 1 atom stereocenters. The maximum Gasteiger partial charge on any atom is 0.0502 e. The first-order valence-corrected chi connectivity index (χ1v) is 6.61. The molecule has 0 spiro atoms. The van der Waals surface area contributed by atoms with Gasteiger partial charge in [-0.15, -0.1) is 0 Å². The lowest BCUT2D eigenvalue weighted by Gasteiger charge is -2.20. The fourth-order valence-electron chi connectivity index (χ4n) is 3.01. The summed E-state index contributed by atoms with van der Waals surface area (Å²) in [6.45, 7) is 0.323. The van der Waals surface area contributed by atoms with Crippen LogP contribution < -0.4 is 0 Å². The maximum absolute atomic E-state index is 9.49. The average molecular weight is 216 g/mol. The summed E-state index contributed by atoms with van der Waals surface area (Å²) >= 11 is 0. The standard InChI is InChI=1S/C15H20O/c16-10-15(12-6-7-12)14-8-5-11-3-1-2-4-13(11)9-14/h5,8-9,12,15-16H,1-4,6-7,10H2. The molecule has 1 heteroatoms. The smallest absolute Gasteiger partial charge is 0.0502 e. The molecule has 0 aromatic heterocycles. The molecule has 1 saturated carbocycles. The Hall–Kier alpha value is -0.820. The van der Waals surface area contributed by atoms with Crippen LogP contribution in [0.2, 0.25) is 0 Å². The van der Waals surface area contributed by atoms with E-state index in [0.29, 0.717) is 12.5 Å². The molecule has 2 aliphatic carbocycles. The van der Waals surface area contributed by atoms with Gasteiger partial charge < -0.3 is 5.11 Å². The first-order chi connectivity index (χ1) is 7.88. The molecule has 0 radical (unpaired) electrons. The summed E-state index contributed by atoms with van der Waals surface area (Å²) in [5, 5.41) is 9.49. The van der Waals surface area contributed by atoms with Gasteiger partial charge in [0.05, 0.1) is 6.61 Å². The van der Waals surface area contributed by atoms with Gasteiger partial charge in [0.1, 0.15) is 0 Å². The maximum atomic E-state index is 9.49. The third-order valence-corrected chi connectivity index (χ3v) is 4.19. The van der Waals surface area contributed by atoms with E-state index in [9.17, 15) is 5.11 Å². The van der Waals surface area contributed by atoms with Gasteiger partial charge in [0.15, 0.2) is 0 Å². The van der Waals surface area contributed by atoms with E-state index in [1.807, 2.05) is 0 Å². The molecule has 1 fully saturated rings. The molecule has 2 aliphatic rings. The van der Waals surface area contributed by atoms with E-state index in [1.165, 1.54) is 44.1 Å². The van der Waals surface area contributed by atoms with Crippen molar-refractivity contribution in [3.05, 3.63) is 34.9 Å². The summed E-state index contributed by atoms with van der Waals surface area (Å²) in [4.78, 5) is 0. The van der Waals surface area contributed by atoms with Crippen LogP contribution in [0.15, 0.2) is 18.2 Å². The van der Waals surface area contributed by atoms with Gasteiger partial charge in [-0.1, -0.05) is 18.2 Å². The predicted octanol–water partition coefficient (Wildman–Crippen LogP) is 3.05. The Kier molecular flexibility index (Phi) is 2.72. The van der Waals surface area contributed by atoms with E-state index in [0.717, 1.165) is 5.92 Å². The van der Waals surface area contributed by atoms with Gasteiger partial charge in [0, 0.05) is 5.92 Å². The second-order valence-electron chi connectivity index (χ2n) is 5.36. The lowest BCUT2D eigenvalue weighted by molar-refractivity contribution is 0.253. The molecule has 0 amide bonds. The lowest BCUT2D eigenvalue weighted by Crippen LogP contribution is -2.09. The molecule has 1 nitrogen and oxygen atoms in total. The Morgan fingerprint density at radius 2 is 1.88 bits per heavy atom. The second-order valence-corrected chi connectivity index (χ2v) is 5.36. The first-order valence-electron chi connectivity index (χ1n) is 6.61. The number of benzene rings is 1. The zero-order valence-electron chi connectivity index (χ0n) is 9.78. The fraction of sp³-hybridized carbons (Fsp3) is 0.600. The van der Waals surface area contributed by atoms with Crippen molar-refractivity contribution in [1.82, 2.24) is 0 Å². The van der Waals surface area contributed by atoms with E-state index >= 15 is 0 Å². The van der Waals surface area contributed by atoms with Crippen LogP contribution in [0.4, 0.5) is 0 Å². The van der Waals surface area contributed by atoms with Crippen molar-refractivity contribution in [2.24, 2.45) is 5.92 Å².